The number of phosphoric acid groups is 1. The molecule has 2 aliphatic heterocycles. The van der Waals surface area contributed by atoms with E-state index in [2.05, 4.69) is 20.8 Å². The Kier molecular flexibility index (Phi) is 45.2. The van der Waals surface area contributed by atoms with Gasteiger partial charge in [-0.15, -0.1) is 0 Å². The zero-order valence-corrected chi connectivity index (χ0v) is 56.3. The standard InChI is InChI=1S/C66H123O24P/c1-4-7-10-13-16-19-22-24-27-30-33-36-39-42-52(70)85-47(44-82-50(68)40-37-34-31-28-25-21-18-15-12-9-6-3)45-84-91(80,81)90-64-62(88-65-60(78)55(73)53(71)48(43-67)86-65)58(76)57(75)59(77)63(64)89-66-61(79)56(74)54(72)49(87-66)46-83-51(69)41-38-35-32-29-26-23-20-17-14-11-8-5-2/h47-49,53-67,71-79H,4-46H2,1-3H3,(H,80,81). The van der Waals surface area contributed by atoms with Gasteiger partial charge in [0.2, 0.25) is 0 Å². The summed E-state index contributed by atoms with van der Waals surface area (Å²) in [5, 5.41) is 110. The number of hydrogen-bond donors (Lipinski definition) is 11. The number of carbonyl (C=O) groups excluding carboxylic acids is 3. The number of aliphatic hydroxyl groups excluding tert-OH is 10. The molecule has 1 aliphatic carbocycles. The Morgan fingerprint density at radius 2 is 0.703 bits per heavy atom. The van der Waals surface area contributed by atoms with E-state index in [9.17, 15) is 74.9 Å². The van der Waals surface area contributed by atoms with Gasteiger partial charge in [-0.05, 0) is 19.3 Å². The van der Waals surface area contributed by atoms with Crippen LogP contribution in [0.1, 0.15) is 271 Å². The number of esters is 3. The van der Waals surface area contributed by atoms with Crippen LogP contribution < -0.4 is 0 Å². The van der Waals surface area contributed by atoms with E-state index in [1.807, 2.05) is 0 Å². The molecule has 18 atom stereocenters. The lowest BCUT2D eigenvalue weighted by atomic mass is 9.84. The molecule has 536 valence electrons. The number of ether oxygens (including phenoxy) is 7. The van der Waals surface area contributed by atoms with Crippen molar-refractivity contribution in [1.29, 1.82) is 0 Å². The molecule has 0 amide bonds. The summed E-state index contributed by atoms with van der Waals surface area (Å²) in [6.45, 7) is 3.41. The number of unbranched alkanes of at least 4 members (excludes halogenated alkanes) is 33. The fourth-order valence-electron chi connectivity index (χ4n) is 11.8. The highest BCUT2D eigenvalue weighted by Crippen LogP contribution is 2.49. The van der Waals surface area contributed by atoms with E-state index in [1.165, 1.54) is 116 Å². The van der Waals surface area contributed by atoms with Gasteiger partial charge in [0.1, 0.15) is 98.7 Å². The smallest absolute Gasteiger partial charge is 0.463 e. The molecule has 91 heavy (non-hydrogen) atoms. The average Bonchev–Trinajstić information content (AvgIpc) is 0.827. The van der Waals surface area contributed by atoms with Gasteiger partial charge in [-0.2, -0.15) is 0 Å². The van der Waals surface area contributed by atoms with E-state index in [0.29, 0.717) is 19.3 Å². The molecule has 25 heteroatoms. The van der Waals surface area contributed by atoms with Gasteiger partial charge in [0.15, 0.2) is 18.7 Å². The van der Waals surface area contributed by atoms with Crippen LogP contribution in [-0.2, 0) is 61.2 Å². The summed E-state index contributed by atoms with van der Waals surface area (Å²) in [7, 11) is -5.68. The first-order chi connectivity index (χ1) is 43.8. The third-order valence-electron chi connectivity index (χ3n) is 17.6. The highest BCUT2D eigenvalue weighted by molar-refractivity contribution is 7.47. The molecule has 1 saturated carbocycles. The predicted octanol–water partition coefficient (Wildman–Crippen LogP) is 8.23. The first-order valence-electron chi connectivity index (χ1n) is 35.3. The zero-order valence-electron chi connectivity index (χ0n) is 55.4. The van der Waals surface area contributed by atoms with Gasteiger partial charge in [0, 0.05) is 19.3 Å². The van der Waals surface area contributed by atoms with Crippen LogP contribution >= 0.6 is 7.82 Å². The molecule has 0 aromatic heterocycles. The third-order valence-corrected chi connectivity index (χ3v) is 18.6. The van der Waals surface area contributed by atoms with Crippen LogP contribution in [-0.4, -0.2) is 204 Å². The fourth-order valence-corrected chi connectivity index (χ4v) is 12.8. The molecule has 24 nitrogen and oxygen atoms in total. The Labute approximate surface area is 542 Å². The summed E-state index contributed by atoms with van der Waals surface area (Å²) in [5.41, 5.74) is 0. The summed E-state index contributed by atoms with van der Waals surface area (Å²) < 4.78 is 64.8. The Morgan fingerprint density at radius 3 is 1.08 bits per heavy atom. The minimum atomic E-state index is -5.68. The molecule has 0 radical (unpaired) electrons. The monoisotopic (exact) mass is 1330 g/mol. The molecule has 0 bridgehead atoms. The lowest BCUT2D eigenvalue weighted by Gasteiger charge is -2.49. The molecule has 11 N–H and O–H groups in total. The SMILES string of the molecule is CCCCCCCCCCCCCCCC(=O)OC(COC(=O)CCCCCCCCCCCCC)COP(=O)(O)OC1C(OC2OC(CO)C(O)C(O)C2O)C(O)C(O)C(O)C1OC1OC(COC(=O)CCCCCCCCCCCCCC)C(O)C(O)C1O. The predicted molar refractivity (Wildman–Crippen MR) is 338 cm³/mol. The van der Waals surface area contributed by atoms with Crippen molar-refractivity contribution in [2.24, 2.45) is 0 Å². The van der Waals surface area contributed by atoms with Crippen molar-refractivity contribution in [2.45, 2.75) is 375 Å². The van der Waals surface area contributed by atoms with E-state index in [0.717, 1.165) is 96.3 Å². The minimum absolute atomic E-state index is 0.0330. The van der Waals surface area contributed by atoms with E-state index in [-0.39, 0.29) is 19.3 Å². The van der Waals surface area contributed by atoms with Crippen LogP contribution in [0.2, 0.25) is 0 Å². The van der Waals surface area contributed by atoms with Gasteiger partial charge >= 0.3 is 25.7 Å². The Hall–Kier alpha value is -2.04. The second kappa shape index (κ2) is 49.5. The molecular formula is C66H123O24P. The Bertz CT molecular complexity index is 1910. The Balaban J connectivity index is 1.77. The summed E-state index contributed by atoms with van der Waals surface area (Å²) in [6.07, 6.45) is 3.51. The molecule has 2 saturated heterocycles. The molecule has 18 unspecified atom stereocenters. The lowest BCUT2D eigenvalue weighted by Crippen LogP contribution is -2.69. The van der Waals surface area contributed by atoms with Crippen molar-refractivity contribution < 1.29 is 117 Å². The van der Waals surface area contributed by atoms with Crippen LogP contribution in [0.4, 0.5) is 0 Å². The van der Waals surface area contributed by atoms with Crippen molar-refractivity contribution >= 4 is 25.7 Å². The molecule has 2 heterocycles. The van der Waals surface area contributed by atoms with E-state index in [1.54, 1.807) is 0 Å². The van der Waals surface area contributed by atoms with Crippen molar-refractivity contribution in [2.75, 3.05) is 26.4 Å². The number of rotatable bonds is 54. The Morgan fingerprint density at radius 1 is 0.385 bits per heavy atom. The van der Waals surface area contributed by atoms with Crippen LogP contribution in [0.25, 0.3) is 0 Å². The van der Waals surface area contributed by atoms with E-state index < -0.39 is 156 Å². The summed E-state index contributed by atoms with van der Waals surface area (Å²) in [6, 6.07) is 0. The quantitative estimate of drug-likeness (QED) is 0.0118. The molecule has 0 aromatic carbocycles. The molecule has 0 spiro atoms. The summed E-state index contributed by atoms with van der Waals surface area (Å²) >= 11 is 0. The average molecular weight is 1330 g/mol. The van der Waals surface area contributed by atoms with Gasteiger partial charge in [-0.1, -0.05) is 233 Å². The third kappa shape index (κ3) is 33.7. The van der Waals surface area contributed by atoms with E-state index in [4.69, 9.17) is 42.2 Å². The normalized spacial score (nSPS) is 28.8. The first-order valence-corrected chi connectivity index (χ1v) is 36.8. The topological polar surface area (TPSA) is 374 Å². The zero-order chi connectivity index (χ0) is 66.8. The minimum Gasteiger partial charge on any atom is -0.463 e. The molecular weight excluding hydrogens is 1210 g/mol. The maximum Gasteiger partial charge on any atom is 0.472 e. The molecule has 3 rings (SSSR count). The molecule has 0 aromatic rings. The fraction of sp³-hybridized carbons (Fsp3) is 0.955. The molecule has 3 aliphatic rings. The van der Waals surface area contributed by atoms with Gasteiger partial charge in [0.05, 0.1) is 13.2 Å². The van der Waals surface area contributed by atoms with Crippen molar-refractivity contribution in [1.82, 2.24) is 0 Å². The summed E-state index contributed by atoms with van der Waals surface area (Å²) in [5.74, 6) is -1.98. The number of phosphoric ester groups is 1. The van der Waals surface area contributed by atoms with Crippen molar-refractivity contribution in [3.05, 3.63) is 0 Å². The van der Waals surface area contributed by atoms with Crippen LogP contribution in [0, 0.1) is 0 Å². The lowest BCUT2D eigenvalue weighted by molar-refractivity contribution is -0.360. The van der Waals surface area contributed by atoms with Gasteiger partial charge in [0.25, 0.3) is 0 Å². The maximum atomic E-state index is 14.3. The van der Waals surface area contributed by atoms with Crippen molar-refractivity contribution in [3.63, 3.8) is 0 Å². The van der Waals surface area contributed by atoms with Gasteiger partial charge in [-0.3, -0.25) is 23.4 Å². The summed E-state index contributed by atoms with van der Waals surface area (Å²) in [4.78, 5) is 50.8. The largest absolute Gasteiger partial charge is 0.472 e. The highest BCUT2D eigenvalue weighted by atomic mass is 31.2. The van der Waals surface area contributed by atoms with Gasteiger partial charge < -0.3 is 89.1 Å². The highest BCUT2D eigenvalue weighted by Gasteiger charge is 2.58. The maximum absolute atomic E-state index is 14.3. The number of carbonyl (C=O) groups is 3. The number of hydrogen-bond acceptors (Lipinski definition) is 23. The number of aliphatic hydroxyl groups is 10. The second-order valence-corrected chi connectivity index (χ2v) is 27.0. The van der Waals surface area contributed by atoms with E-state index >= 15 is 0 Å². The van der Waals surface area contributed by atoms with Crippen LogP contribution in [0.5, 0.6) is 0 Å². The van der Waals surface area contributed by atoms with Crippen LogP contribution in [0.15, 0.2) is 0 Å². The van der Waals surface area contributed by atoms with Crippen molar-refractivity contribution in [3.8, 4) is 0 Å². The van der Waals surface area contributed by atoms with Crippen LogP contribution in [0.3, 0.4) is 0 Å². The first kappa shape index (κ1) is 83.2. The molecule has 3 fully saturated rings. The second-order valence-electron chi connectivity index (χ2n) is 25.6. The van der Waals surface area contributed by atoms with Gasteiger partial charge in [-0.25, -0.2) is 4.57 Å².